The zero-order chi connectivity index (χ0) is 22.3. The minimum Gasteiger partial charge on any atom is -0.497 e. The fourth-order valence-electron chi connectivity index (χ4n) is 3.05. The van der Waals surface area contributed by atoms with E-state index in [4.69, 9.17) is 27.2 Å². The summed E-state index contributed by atoms with van der Waals surface area (Å²) in [5, 5.41) is 5.45. The van der Waals surface area contributed by atoms with Gasteiger partial charge in [0.25, 0.3) is 0 Å². The van der Waals surface area contributed by atoms with Crippen LogP contribution in [0.4, 0.5) is 0 Å². The number of guanidine groups is 1. The van der Waals surface area contributed by atoms with Crippen molar-refractivity contribution in [3.63, 3.8) is 0 Å². The molecule has 0 saturated carbocycles. The van der Waals surface area contributed by atoms with Crippen LogP contribution >= 0.6 is 23.5 Å². The van der Waals surface area contributed by atoms with E-state index >= 15 is 0 Å². The third-order valence-corrected chi connectivity index (χ3v) is 5.72. The van der Waals surface area contributed by atoms with Crippen molar-refractivity contribution in [2.75, 3.05) is 7.11 Å². The standard InChI is InChI=1S/C24H22ClN5OS/c1-31-21-13-11-20(12-14-21)30-23(17-7-9-18(25)10-8-17)15-19(28-30)16-27-24(26)29-32-22-5-3-2-4-6-22/h2-15H,16H2,1H3,(H3,26,27,29). The Hall–Kier alpha value is -3.42. The third-order valence-electron chi connectivity index (χ3n) is 4.64. The summed E-state index contributed by atoms with van der Waals surface area (Å²) < 4.78 is 10.2. The topological polar surface area (TPSA) is 77.5 Å². The fourth-order valence-corrected chi connectivity index (χ4v) is 3.76. The Kier molecular flexibility index (Phi) is 6.99. The van der Waals surface area contributed by atoms with E-state index < -0.39 is 0 Å². The summed E-state index contributed by atoms with van der Waals surface area (Å²) in [5.41, 5.74) is 9.68. The molecule has 0 aliphatic rings. The predicted molar refractivity (Wildman–Crippen MR) is 131 cm³/mol. The van der Waals surface area contributed by atoms with Crippen molar-refractivity contribution in [1.29, 1.82) is 0 Å². The first-order valence-electron chi connectivity index (χ1n) is 9.89. The van der Waals surface area contributed by atoms with Gasteiger partial charge in [-0.3, -0.25) is 4.72 Å². The van der Waals surface area contributed by atoms with Crippen molar-refractivity contribution in [3.05, 3.63) is 95.6 Å². The number of benzene rings is 3. The lowest BCUT2D eigenvalue weighted by Gasteiger charge is -2.08. The van der Waals surface area contributed by atoms with Crippen LogP contribution in [0.3, 0.4) is 0 Å². The van der Waals surface area contributed by atoms with E-state index in [1.54, 1.807) is 7.11 Å². The summed E-state index contributed by atoms with van der Waals surface area (Å²) in [6.45, 7) is 0.345. The third kappa shape index (κ3) is 5.43. The summed E-state index contributed by atoms with van der Waals surface area (Å²) in [6, 6.07) is 27.3. The highest BCUT2D eigenvalue weighted by Crippen LogP contribution is 2.26. The van der Waals surface area contributed by atoms with Crippen LogP contribution in [0.15, 0.2) is 94.8 Å². The number of aliphatic imine (C=N–C) groups is 1. The molecule has 8 heteroatoms. The molecule has 3 N–H and O–H groups in total. The molecular weight excluding hydrogens is 442 g/mol. The molecule has 162 valence electrons. The first-order valence-corrected chi connectivity index (χ1v) is 11.1. The normalized spacial score (nSPS) is 11.4. The summed E-state index contributed by atoms with van der Waals surface area (Å²) >= 11 is 7.49. The molecular formula is C24H22ClN5OS. The van der Waals surface area contributed by atoms with Gasteiger partial charge in [-0.1, -0.05) is 41.9 Å². The lowest BCUT2D eigenvalue weighted by Crippen LogP contribution is -2.25. The molecule has 0 amide bonds. The molecule has 0 radical (unpaired) electrons. The van der Waals surface area contributed by atoms with E-state index in [0.29, 0.717) is 17.5 Å². The fraction of sp³-hybridized carbons (Fsp3) is 0.0833. The number of aromatic nitrogens is 2. The molecule has 32 heavy (non-hydrogen) atoms. The molecule has 3 aromatic carbocycles. The van der Waals surface area contributed by atoms with Crippen molar-refractivity contribution >= 4 is 29.5 Å². The number of halogens is 1. The van der Waals surface area contributed by atoms with Gasteiger partial charge in [0.2, 0.25) is 0 Å². The first kappa shape index (κ1) is 21.8. The Morgan fingerprint density at radius 3 is 2.47 bits per heavy atom. The van der Waals surface area contributed by atoms with Crippen LogP contribution in [-0.2, 0) is 6.54 Å². The molecule has 4 rings (SSSR count). The van der Waals surface area contributed by atoms with Gasteiger partial charge in [0.1, 0.15) is 5.75 Å². The lowest BCUT2D eigenvalue weighted by molar-refractivity contribution is 0.414. The van der Waals surface area contributed by atoms with Crippen LogP contribution in [0.2, 0.25) is 5.02 Å². The molecule has 0 spiro atoms. The van der Waals surface area contributed by atoms with Crippen LogP contribution in [0.25, 0.3) is 16.9 Å². The average molecular weight is 464 g/mol. The van der Waals surface area contributed by atoms with Gasteiger partial charge in [-0.2, -0.15) is 5.10 Å². The summed E-state index contributed by atoms with van der Waals surface area (Å²) in [5.74, 6) is 1.12. The largest absolute Gasteiger partial charge is 0.497 e. The molecule has 0 unspecified atom stereocenters. The zero-order valence-electron chi connectivity index (χ0n) is 17.4. The quantitative estimate of drug-likeness (QED) is 0.220. The molecule has 0 saturated heterocycles. The SMILES string of the molecule is COc1ccc(-n2nc(CN=C(N)NSc3ccccc3)cc2-c2ccc(Cl)cc2)cc1. The number of methoxy groups -OCH3 is 1. The molecule has 0 bridgehead atoms. The minimum absolute atomic E-state index is 0.339. The van der Waals surface area contributed by atoms with Crippen LogP contribution in [0.5, 0.6) is 5.75 Å². The van der Waals surface area contributed by atoms with Gasteiger partial charge in [0.05, 0.1) is 30.7 Å². The first-order chi connectivity index (χ1) is 15.6. The van der Waals surface area contributed by atoms with Crippen molar-refractivity contribution in [2.45, 2.75) is 11.4 Å². The van der Waals surface area contributed by atoms with Gasteiger partial charge >= 0.3 is 0 Å². The molecule has 1 heterocycles. The maximum Gasteiger partial charge on any atom is 0.199 e. The maximum absolute atomic E-state index is 6.08. The van der Waals surface area contributed by atoms with E-state index in [2.05, 4.69) is 9.71 Å². The second-order valence-corrected chi connectivity index (χ2v) is 8.17. The number of nitrogens with two attached hydrogens (primary N) is 1. The second kappa shape index (κ2) is 10.3. The molecule has 6 nitrogen and oxygen atoms in total. The lowest BCUT2D eigenvalue weighted by atomic mass is 10.1. The van der Waals surface area contributed by atoms with Crippen LogP contribution in [-0.4, -0.2) is 22.8 Å². The van der Waals surface area contributed by atoms with Crippen LogP contribution in [0, 0.1) is 0 Å². The van der Waals surface area contributed by atoms with Gasteiger partial charge in [0, 0.05) is 15.5 Å². The summed E-state index contributed by atoms with van der Waals surface area (Å²) in [4.78, 5) is 5.49. The number of hydrogen-bond donors (Lipinski definition) is 2. The van der Waals surface area contributed by atoms with Gasteiger partial charge in [0.15, 0.2) is 5.96 Å². The van der Waals surface area contributed by atoms with Gasteiger partial charge in [-0.15, -0.1) is 0 Å². The summed E-state index contributed by atoms with van der Waals surface area (Å²) in [7, 11) is 1.65. The molecule has 4 aromatic rings. The van der Waals surface area contributed by atoms with E-state index in [-0.39, 0.29) is 0 Å². The molecule has 0 atom stereocenters. The Balaban J connectivity index is 1.57. The number of nitrogens with zero attached hydrogens (tertiary/aromatic N) is 3. The van der Waals surface area contributed by atoms with Gasteiger partial charge < -0.3 is 10.5 Å². The van der Waals surface area contributed by atoms with Crippen molar-refractivity contribution < 1.29 is 4.74 Å². The molecule has 0 aliphatic carbocycles. The van der Waals surface area contributed by atoms with Crippen molar-refractivity contribution in [1.82, 2.24) is 14.5 Å². The number of hydrogen-bond acceptors (Lipinski definition) is 4. The Labute approximate surface area is 196 Å². The molecule has 0 fully saturated rings. The highest BCUT2D eigenvalue weighted by atomic mass is 35.5. The van der Waals surface area contributed by atoms with E-state index in [0.717, 1.165) is 33.3 Å². The smallest absolute Gasteiger partial charge is 0.199 e. The number of ether oxygens (including phenoxy) is 1. The van der Waals surface area contributed by atoms with Crippen molar-refractivity contribution in [3.8, 4) is 22.7 Å². The predicted octanol–water partition coefficient (Wildman–Crippen LogP) is 5.31. The number of nitrogens with one attached hydrogen (secondary N) is 1. The number of rotatable bonds is 7. The van der Waals surface area contributed by atoms with Gasteiger partial charge in [-0.25, -0.2) is 9.67 Å². The zero-order valence-corrected chi connectivity index (χ0v) is 19.0. The van der Waals surface area contributed by atoms with Crippen LogP contribution in [0.1, 0.15) is 5.69 Å². The molecule has 1 aromatic heterocycles. The minimum atomic E-state index is 0.339. The maximum atomic E-state index is 6.08. The van der Waals surface area contributed by atoms with E-state index in [9.17, 15) is 0 Å². The monoisotopic (exact) mass is 463 g/mol. The average Bonchev–Trinajstić information content (AvgIpc) is 3.27. The Morgan fingerprint density at radius 1 is 1.06 bits per heavy atom. The van der Waals surface area contributed by atoms with Gasteiger partial charge in [-0.05, 0) is 66.5 Å². The molecule has 0 aliphatic heterocycles. The highest BCUT2D eigenvalue weighted by Gasteiger charge is 2.12. The Bertz CT molecular complexity index is 1190. The van der Waals surface area contributed by atoms with E-state index in [1.165, 1.54) is 11.9 Å². The highest BCUT2D eigenvalue weighted by molar-refractivity contribution is 7.98. The summed E-state index contributed by atoms with van der Waals surface area (Å²) in [6.07, 6.45) is 0. The van der Waals surface area contributed by atoms with Crippen molar-refractivity contribution in [2.24, 2.45) is 10.7 Å². The van der Waals surface area contributed by atoms with E-state index in [1.807, 2.05) is 89.6 Å². The second-order valence-electron chi connectivity index (χ2n) is 6.86. The van der Waals surface area contributed by atoms with Crippen LogP contribution < -0.4 is 15.2 Å². The Morgan fingerprint density at radius 2 is 1.78 bits per heavy atom.